The Morgan fingerprint density at radius 1 is 1.10 bits per heavy atom. The number of likely N-dealkylation sites (tertiary alicyclic amines) is 1. The molecule has 1 aromatic heterocycles. The van der Waals surface area contributed by atoms with Crippen molar-refractivity contribution in [2.45, 2.75) is 18.8 Å². The summed E-state index contributed by atoms with van der Waals surface area (Å²) in [5, 5.41) is 0. The van der Waals surface area contributed by atoms with E-state index >= 15 is 0 Å². The molecule has 2 aromatic carbocycles. The Labute approximate surface area is 169 Å². The van der Waals surface area contributed by atoms with Crippen molar-refractivity contribution in [3.05, 3.63) is 60.0 Å². The maximum atomic E-state index is 12.6. The van der Waals surface area contributed by atoms with Crippen molar-refractivity contribution in [3.63, 3.8) is 0 Å². The molecule has 0 bridgehead atoms. The third-order valence-corrected chi connectivity index (χ3v) is 5.29. The number of benzene rings is 2. The van der Waals surface area contributed by atoms with Gasteiger partial charge < -0.3 is 18.8 Å². The van der Waals surface area contributed by atoms with Gasteiger partial charge in [0.25, 0.3) is 0 Å². The molecule has 1 aliphatic rings. The minimum absolute atomic E-state index is 0.0100. The number of nitrogens with zero attached hydrogens (tertiary/aromatic N) is 2. The van der Waals surface area contributed by atoms with Gasteiger partial charge in [-0.2, -0.15) is 0 Å². The molecular weight excluding hydrogens is 368 g/mol. The average Bonchev–Trinajstić information content (AvgIpc) is 3.21. The highest BCUT2D eigenvalue weighted by Crippen LogP contribution is 2.30. The molecule has 0 radical (unpaired) electrons. The number of hydrogen-bond donors (Lipinski definition) is 0. The van der Waals surface area contributed by atoms with Gasteiger partial charge in [0.1, 0.15) is 5.52 Å². The summed E-state index contributed by atoms with van der Waals surface area (Å²) in [6.07, 6.45) is 5.11. The molecule has 0 unspecified atom stereocenters. The molecule has 4 rings (SSSR count). The molecule has 2 heterocycles. The summed E-state index contributed by atoms with van der Waals surface area (Å²) in [5.74, 6) is 2.34. The fraction of sp³-hybridized carbons (Fsp3) is 0.304. The van der Waals surface area contributed by atoms with Crippen molar-refractivity contribution in [2.75, 3.05) is 27.3 Å². The maximum absolute atomic E-state index is 12.6. The van der Waals surface area contributed by atoms with Crippen molar-refractivity contribution in [3.8, 4) is 11.5 Å². The second-order valence-corrected chi connectivity index (χ2v) is 7.07. The molecule has 0 spiro atoms. The van der Waals surface area contributed by atoms with Crippen LogP contribution >= 0.6 is 0 Å². The lowest BCUT2D eigenvalue weighted by molar-refractivity contribution is -0.127. The second kappa shape index (κ2) is 8.39. The zero-order valence-electron chi connectivity index (χ0n) is 16.6. The van der Waals surface area contributed by atoms with Gasteiger partial charge in [-0.25, -0.2) is 4.98 Å². The number of aromatic nitrogens is 1. The number of ether oxygens (including phenoxy) is 2. The minimum Gasteiger partial charge on any atom is -0.493 e. The topological polar surface area (TPSA) is 64.8 Å². The van der Waals surface area contributed by atoms with Crippen LogP contribution in [0.1, 0.15) is 30.2 Å². The fourth-order valence-electron chi connectivity index (χ4n) is 3.64. The molecule has 150 valence electrons. The monoisotopic (exact) mass is 392 g/mol. The lowest BCUT2D eigenvalue weighted by atomic mass is 9.96. The van der Waals surface area contributed by atoms with Crippen LogP contribution in [0.2, 0.25) is 0 Å². The Bertz CT molecular complexity index is 999. The number of hydrogen-bond acceptors (Lipinski definition) is 5. The average molecular weight is 392 g/mol. The summed E-state index contributed by atoms with van der Waals surface area (Å²) in [6, 6.07) is 13.4. The summed E-state index contributed by atoms with van der Waals surface area (Å²) >= 11 is 0. The van der Waals surface area contributed by atoms with Gasteiger partial charge in [0, 0.05) is 25.1 Å². The van der Waals surface area contributed by atoms with E-state index in [0.29, 0.717) is 24.6 Å². The van der Waals surface area contributed by atoms with Crippen LogP contribution in [-0.4, -0.2) is 43.1 Å². The molecule has 6 heteroatoms. The first-order valence-electron chi connectivity index (χ1n) is 9.72. The Balaban J connectivity index is 1.37. The van der Waals surface area contributed by atoms with Gasteiger partial charge in [-0.15, -0.1) is 0 Å². The first-order chi connectivity index (χ1) is 14.2. The molecule has 1 amide bonds. The Morgan fingerprint density at radius 3 is 2.59 bits per heavy atom. The van der Waals surface area contributed by atoms with Crippen molar-refractivity contribution < 1.29 is 18.7 Å². The van der Waals surface area contributed by atoms with Crippen molar-refractivity contribution >= 4 is 23.1 Å². The second-order valence-electron chi connectivity index (χ2n) is 7.07. The molecule has 0 aliphatic carbocycles. The van der Waals surface area contributed by atoms with Gasteiger partial charge in [0.15, 0.2) is 23.0 Å². The molecule has 0 saturated carbocycles. The number of piperidine rings is 1. The molecule has 1 aliphatic heterocycles. The fourth-order valence-corrected chi connectivity index (χ4v) is 3.64. The van der Waals surface area contributed by atoms with E-state index in [0.717, 1.165) is 35.4 Å². The Morgan fingerprint density at radius 2 is 1.86 bits per heavy atom. The lowest BCUT2D eigenvalue weighted by Crippen LogP contribution is -2.36. The smallest absolute Gasteiger partial charge is 0.246 e. The summed E-state index contributed by atoms with van der Waals surface area (Å²) in [6.45, 7) is 1.39. The predicted octanol–water partition coefficient (Wildman–Crippen LogP) is 4.26. The van der Waals surface area contributed by atoms with E-state index in [4.69, 9.17) is 13.9 Å². The van der Waals surface area contributed by atoms with E-state index in [9.17, 15) is 4.79 Å². The number of para-hydroxylation sites is 2. The number of rotatable bonds is 5. The third kappa shape index (κ3) is 4.11. The summed E-state index contributed by atoms with van der Waals surface area (Å²) in [4.78, 5) is 19.1. The molecular formula is C23H24N2O4. The number of oxazole rings is 1. The Kier molecular flexibility index (Phi) is 5.51. The molecule has 0 atom stereocenters. The molecule has 29 heavy (non-hydrogen) atoms. The SMILES string of the molecule is COc1ccc(/C=C/C(=O)N2CCC(c3nc4ccccc4o3)CC2)cc1OC. The van der Waals surface area contributed by atoms with E-state index in [1.807, 2.05) is 47.4 Å². The summed E-state index contributed by atoms with van der Waals surface area (Å²) in [7, 11) is 3.19. The highest BCUT2D eigenvalue weighted by atomic mass is 16.5. The highest BCUT2D eigenvalue weighted by molar-refractivity contribution is 5.92. The van der Waals surface area contributed by atoms with Crippen LogP contribution in [0.25, 0.3) is 17.2 Å². The highest BCUT2D eigenvalue weighted by Gasteiger charge is 2.26. The van der Waals surface area contributed by atoms with Crippen LogP contribution in [-0.2, 0) is 4.79 Å². The molecule has 0 N–H and O–H groups in total. The van der Waals surface area contributed by atoms with Gasteiger partial charge >= 0.3 is 0 Å². The van der Waals surface area contributed by atoms with Crippen molar-refractivity contribution in [1.82, 2.24) is 9.88 Å². The first kappa shape index (κ1) is 19.1. The van der Waals surface area contributed by atoms with Gasteiger partial charge in [-0.05, 0) is 48.7 Å². The summed E-state index contributed by atoms with van der Waals surface area (Å²) < 4.78 is 16.4. The van der Waals surface area contributed by atoms with E-state index in [2.05, 4.69) is 4.98 Å². The Hall–Kier alpha value is -3.28. The van der Waals surface area contributed by atoms with Crippen LogP contribution < -0.4 is 9.47 Å². The van der Waals surface area contributed by atoms with E-state index in [-0.39, 0.29) is 11.8 Å². The van der Waals surface area contributed by atoms with E-state index in [1.165, 1.54) is 0 Å². The quantitative estimate of drug-likeness (QED) is 0.607. The van der Waals surface area contributed by atoms with Crippen LogP contribution in [0.15, 0.2) is 53.0 Å². The van der Waals surface area contributed by atoms with Crippen LogP contribution in [0.3, 0.4) is 0 Å². The first-order valence-corrected chi connectivity index (χ1v) is 9.72. The van der Waals surface area contributed by atoms with Gasteiger partial charge in [0.2, 0.25) is 5.91 Å². The van der Waals surface area contributed by atoms with Crippen LogP contribution in [0, 0.1) is 0 Å². The number of fused-ring (bicyclic) bond motifs is 1. The van der Waals surface area contributed by atoms with Crippen LogP contribution in [0.4, 0.5) is 0 Å². The normalized spacial score (nSPS) is 15.2. The van der Waals surface area contributed by atoms with Gasteiger partial charge in [0.05, 0.1) is 14.2 Å². The number of methoxy groups -OCH3 is 2. The van der Waals surface area contributed by atoms with Gasteiger partial charge in [-0.1, -0.05) is 18.2 Å². The lowest BCUT2D eigenvalue weighted by Gasteiger charge is -2.29. The number of carbonyl (C=O) groups excluding carboxylic acids is 1. The van der Waals surface area contributed by atoms with E-state index in [1.54, 1.807) is 26.4 Å². The predicted molar refractivity (Wildman–Crippen MR) is 111 cm³/mol. The zero-order chi connectivity index (χ0) is 20.2. The molecule has 1 fully saturated rings. The van der Waals surface area contributed by atoms with Crippen molar-refractivity contribution in [2.24, 2.45) is 0 Å². The number of carbonyl (C=O) groups is 1. The van der Waals surface area contributed by atoms with E-state index < -0.39 is 0 Å². The van der Waals surface area contributed by atoms with Gasteiger partial charge in [-0.3, -0.25) is 4.79 Å². The zero-order valence-corrected chi connectivity index (χ0v) is 16.6. The largest absolute Gasteiger partial charge is 0.493 e. The van der Waals surface area contributed by atoms with Crippen LogP contribution in [0.5, 0.6) is 11.5 Å². The number of amides is 1. The standard InChI is InChI=1S/C23H24N2O4/c1-27-20-9-7-16(15-21(20)28-2)8-10-22(26)25-13-11-17(12-14-25)23-24-18-5-3-4-6-19(18)29-23/h3-10,15,17H,11-14H2,1-2H3/b10-8+. The molecule has 6 nitrogen and oxygen atoms in total. The molecule has 1 saturated heterocycles. The third-order valence-electron chi connectivity index (χ3n) is 5.29. The summed E-state index contributed by atoms with van der Waals surface area (Å²) in [5.41, 5.74) is 2.59. The maximum Gasteiger partial charge on any atom is 0.246 e. The van der Waals surface area contributed by atoms with Crippen molar-refractivity contribution in [1.29, 1.82) is 0 Å². The minimum atomic E-state index is 0.0100. The molecule has 3 aromatic rings.